The highest BCUT2D eigenvalue weighted by molar-refractivity contribution is 14.1. The lowest BCUT2D eigenvalue weighted by atomic mass is 9.87. The summed E-state index contributed by atoms with van der Waals surface area (Å²) in [5.74, 6) is 0.475. The molecule has 1 aliphatic heterocycles. The number of nitrogens with one attached hydrogen (secondary N) is 1. The van der Waals surface area contributed by atoms with Gasteiger partial charge in [-0.1, -0.05) is 26.0 Å². The van der Waals surface area contributed by atoms with Crippen LogP contribution in [0.3, 0.4) is 0 Å². The number of aliphatic hydroxyl groups is 2. The van der Waals surface area contributed by atoms with E-state index in [1.165, 1.54) is 0 Å². The van der Waals surface area contributed by atoms with Crippen molar-refractivity contribution in [2.75, 3.05) is 26.3 Å². The lowest BCUT2D eigenvalue weighted by molar-refractivity contribution is -0.148. The van der Waals surface area contributed by atoms with Crippen LogP contribution in [0.4, 0.5) is 0 Å². The quantitative estimate of drug-likeness (QED) is 0.364. The Hall–Kier alpha value is -1.69. The van der Waals surface area contributed by atoms with Gasteiger partial charge in [0.05, 0.1) is 16.2 Å². The van der Waals surface area contributed by atoms with Gasteiger partial charge in [-0.25, -0.2) is 0 Å². The Morgan fingerprint density at radius 2 is 2.09 bits per heavy atom. The number of hydrogen-bond donors (Lipinski definition) is 3. The lowest BCUT2D eigenvalue weighted by Gasteiger charge is -2.41. The first-order valence-electron chi connectivity index (χ1n) is 11.9. The number of carbonyl (C=O) groups excluding carboxylic acids is 2. The van der Waals surface area contributed by atoms with Gasteiger partial charge in [-0.05, 0) is 66.0 Å². The Balaban J connectivity index is 1.92. The molecule has 4 unspecified atom stereocenters. The fourth-order valence-corrected chi connectivity index (χ4v) is 4.78. The third kappa shape index (κ3) is 6.93. The van der Waals surface area contributed by atoms with Crippen molar-refractivity contribution in [2.45, 2.75) is 63.9 Å². The molecular formula is C25H35IN2O6. The second kappa shape index (κ2) is 12.9. The number of rotatable bonds is 10. The molecule has 1 aliphatic carbocycles. The number of para-hydroxylation sites is 1. The zero-order valence-corrected chi connectivity index (χ0v) is 21.9. The molecule has 1 aromatic carbocycles. The number of carbonyl (C=O) groups is 2. The van der Waals surface area contributed by atoms with Crippen LogP contribution in [-0.4, -0.2) is 77.6 Å². The predicted molar refractivity (Wildman–Crippen MR) is 136 cm³/mol. The minimum Gasteiger partial charge on any atom is -0.482 e. The lowest BCUT2D eigenvalue weighted by Crippen LogP contribution is -2.57. The van der Waals surface area contributed by atoms with Crippen LogP contribution < -0.4 is 10.1 Å². The van der Waals surface area contributed by atoms with Crippen LogP contribution >= 0.6 is 22.6 Å². The molecule has 3 N–H and O–H groups in total. The number of ether oxygens (including phenoxy) is 2. The van der Waals surface area contributed by atoms with Crippen LogP contribution in [0.15, 0.2) is 35.9 Å². The summed E-state index contributed by atoms with van der Waals surface area (Å²) in [6.45, 7) is 5.13. The first-order chi connectivity index (χ1) is 16.3. The van der Waals surface area contributed by atoms with Gasteiger partial charge in [0.15, 0.2) is 0 Å². The van der Waals surface area contributed by atoms with E-state index in [1.54, 1.807) is 11.0 Å². The first kappa shape index (κ1) is 26.9. The number of aliphatic hydroxyl groups excluding tert-OH is 2. The summed E-state index contributed by atoms with van der Waals surface area (Å²) < 4.78 is 12.7. The monoisotopic (exact) mass is 586 g/mol. The first-order valence-corrected chi connectivity index (χ1v) is 13.0. The van der Waals surface area contributed by atoms with Gasteiger partial charge in [-0.3, -0.25) is 9.59 Å². The summed E-state index contributed by atoms with van der Waals surface area (Å²) >= 11 is 2.16. The van der Waals surface area contributed by atoms with Crippen LogP contribution in [-0.2, 0) is 14.3 Å². The average molecular weight is 586 g/mol. The van der Waals surface area contributed by atoms with E-state index in [0.29, 0.717) is 36.8 Å². The second-order valence-corrected chi connectivity index (χ2v) is 10.3. The maximum atomic E-state index is 13.5. The van der Waals surface area contributed by atoms with Gasteiger partial charge in [-0.15, -0.1) is 0 Å². The molecule has 9 heteroatoms. The molecule has 4 atom stereocenters. The minimum absolute atomic E-state index is 0.122. The highest BCUT2D eigenvalue weighted by atomic mass is 127. The third-order valence-corrected chi connectivity index (χ3v) is 7.04. The Bertz CT molecular complexity index is 871. The molecule has 0 radical (unpaired) electrons. The molecule has 1 heterocycles. The van der Waals surface area contributed by atoms with Gasteiger partial charge in [-0.2, -0.15) is 0 Å². The molecule has 3 rings (SSSR count). The summed E-state index contributed by atoms with van der Waals surface area (Å²) in [4.78, 5) is 28.0. The van der Waals surface area contributed by atoms with E-state index in [9.17, 15) is 14.7 Å². The highest BCUT2D eigenvalue weighted by Gasteiger charge is 2.42. The molecule has 34 heavy (non-hydrogen) atoms. The Labute approximate surface area is 214 Å². The molecule has 2 amide bonds. The topological polar surface area (TPSA) is 108 Å². The van der Waals surface area contributed by atoms with Crippen molar-refractivity contribution in [1.82, 2.24) is 10.2 Å². The average Bonchev–Trinajstić information content (AvgIpc) is 3.35. The van der Waals surface area contributed by atoms with E-state index in [4.69, 9.17) is 14.6 Å². The zero-order valence-electron chi connectivity index (χ0n) is 19.8. The molecule has 8 nitrogen and oxygen atoms in total. The van der Waals surface area contributed by atoms with Gasteiger partial charge in [0.2, 0.25) is 5.91 Å². The Kier molecular flexibility index (Phi) is 10.2. The fraction of sp³-hybridized carbons (Fsp3) is 0.600. The van der Waals surface area contributed by atoms with E-state index < -0.39 is 24.4 Å². The van der Waals surface area contributed by atoms with Gasteiger partial charge < -0.3 is 29.9 Å². The molecule has 0 saturated carbocycles. The van der Waals surface area contributed by atoms with Crippen molar-refractivity contribution in [1.29, 1.82) is 0 Å². The van der Waals surface area contributed by atoms with Crippen molar-refractivity contribution >= 4 is 34.4 Å². The molecule has 1 aromatic rings. The summed E-state index contributed by atoms with van der Waals surface area (Å²) in [7, 11) is 0. The number of amides is 2. The largest absolute Gasteiger partial charge is 0.482 e. The molecule has 0 spiro atoms. The van der Waals surface area contributed by atoms with Crippen molar-refractivity contribution in [2.24, 2.45) is 5.92 Å². The third-order valence-electron chi connectivity index (χ3n) is 6.15. The van der Waals surface area contributed by atoms with Crippen LogP contribution in [0, 0.1) is 9.49 Å². The van der Waals surface area contributed by atoms with Crippen LogP contribution in [0.2, 0.25) is 0 Å². The molecule has 188 valence electrons. The molecule has 0 bridgehead atoms. The van der Waals surface area contributed by atoms with E-state index in [2.05, 4.69) is 41.8 Å². The maximum absolute atomic E-state index is 13.5. The maximum Gasteiger partial charge on any atom is 0.252 e. The fourth-order valence-electron chi connectivity index (χ4n) is 4.26. The number of nitrogens with zero attached hydrogens (tertiary/aromatic N) is 1. The van der Waals surface area contributed by atoms with Crippen LogP contribution in [0.25, 0.3) is 0 Å². The predicted octanol–water partition coefficient (Wildman–Crippen LogP) is 2.26. The summed E-state index contributed by atoms with van der Waals surface area (Å²) in [6, 6.07) is 6.81. The molecule has 1 saturated heterocycles. The van der Waals surface area contributed by atoms with Gasteiger partial charge in [0, 0.05) is 31.7 Å². The number of benzene rings is 1. The van der Waals surface area contributed by atoms with E-state index >= 15 is 0 Å². The number of halogens is 1. The second-order valence-electron chi connectivity index (χ2n) is 9.16. The smallest absolute Gasteiger partial charge is 0.252 e. The highest BCUT2D eigenvalue weighted by Crippen LogP contribution is 2.31. The van der Waals surface area contributed by atoms with Crippen LogP contribution in [0.1, 0.15) is 39.5 Å². The summed E-state index contributed by atoms with van der Waals surface area (Å²) in [5.41, 5.74) is 0.425. The van der Waals surface area contributed by atoms with E-state index in [0.717, 1.165) is 16.4 Å². The minimum atomic E-state index is -1.03. The van der Waals surface area contributed by atoms with Crippen LogP contribution in [0.5, 0.6) is 5.75 Å². The molecule has 0 aromatic heterocycles. The normalized spacial score (nSPS) is 24.6. The van der Waals surface area contributed by atoms with Crippen molar-refractivity contribution < 1.29 is 29.3 Å². The van der Waals surface area contributed by atoms with Crippen molar-refractivity contribution in [3.63, 3.8) is 0 Å². The molecular weight excluding hydrogens is 551 g/mol. The number of hydrogen-bond acceptors (Lipinski definition) is 6. The standard InChI is InChI=1S/C25H35IN2O6/c1-16(2)9-11-28(25(32)21-8-5-13-33-21)19-14-17(24(31)27-10-12-29)15-22(23(19)30)34-20-7-4-3-6-18(20)26/h3-4,6-7,15-16,19,21-23,29-30H,5,8-14H2,1-2H3,(H,27,31). The van der Waals surface area contributed by atoms with Crippen molar-refractivity contribution in [3.05, 3.63) is 39.5 Å². The molecule has 2 aliphatic rings. The Morgan fingerprint density at radius 3 is 2.74 bits per heavy atom. The SMILES string of the molecule is CC(C)CCN(C(=O)C1CCCO1)C1CC(C(=O)NCCO)=CC(Oc2ccccc2I)C1O. The van der Waals surface area contributed by atoms with E-state index in [-0.39, 0.29) is 31.4 Å². The van der Waals surface area contributed by atoms with Gasteiger partial charge in [0.1, 0.15) is 24.1 Å². The summed E-state index contributed by atoms with van der Waals surface area (Å²) in [6.07, 6.45) is 1.71. The van der Waals surface area contributed by atoms with Gasteiger partial charge >= 0.3 is 0 Å². The van der Waals surface area contributed by atoms with Gasteiger partial charge in [0.25, 0.3) is 5.91 Å². The summed E-state index contributed by atoms with van der Waals surface area (Å²) in [5, 5.41) is 23.2. The molecule has 1 fully saturated rings. The van der Waals surface area contributed by atoms with Crippen molar-refractivity contribution in [3.8, 4) is 5.75 Å². The Morgan fingerprint density at radius 1 is 1.32 bits per heavy atom. The zero-order chi connectivity index (χ0) is 24.7. The van der Waals surface area contributed by atoms with E-state index in [1.807, 2.05) is 24.3 Å².